The van der Waals surface area contributed by atoms with Gasteiger partial charge in [0.25, 0.3) is 0 Å². The summed E-state index contributed by atoms with van der Waals surface area (Å²) < 4.78 is 0. The smallest absolute Gasteiger partial charge is 0.221 e. The van der Waals surface area contributed by atoms with Gasteiger partial charge in [-0.3, -0.25) is 4.79 Å². The van der Waals surface area contributed by atoms with Crippen LogP contribution in [0.5, 0.6) is 0 Å². The van der Waals surface area contributed by atoms with Gasteiger partial charge in [-0.25, -0.2) is 0 Å². The number of hydrogen-bond acceptors (Lipinski definition) is 2. The number of nitrogens with two attached hydrogens (primary N) is 1. The van der Waals surface area contributed by atoms with E-state index in [0.29, 0.717) is 12.0 Å². The van der Waals surface area contributed by atoms with E-state index < -0.39 is 0 Å². The number of benzene rings is 1. The monoisotopic (exact) mass is 234 g/mol. The molecule has 0 aliphatic rings. The molecule has 0 saturated heterocycles. The van der Waals surface area contributed by atoms with E-state index >= 15 is 0 Å². The number of carbonyl (C=O) groups excluding carboxylic acids is 1. The lowest BCUT2D eigenvalue weighted by atomic mass is 10.0. The third kappa shape index (κ3) is 4.89. The molecule has 3 nitrogen and oxygen atoms in total. The van der Waals surface area contributed by atoms with E-state index in [4.69, 9.17) is 5.73 Å². The summed E-state index contributed by atoms with van der Waals surface area (Å²) in [6, 6.07) is 8.22. The Labute approximate surface area is 103 Å². The normalized spacial score (nSPS) is 12.5. The zero-order valence-electron chi connectivity index (χ0n) is 10.9. The number of primary amides is 1. The molecular weight excluding hydrogens is 212 g/mol. The minimum atomic E-state index is -0.296. The first kappa shape index (κ1) is 13.6. The lowest BCUT2D eigenvalue weighted by Crippen LogP contribution is -2.20. The van der Waals surface area contributed by atoms with E-state index in [-0.39, 0.29) is 12.3 Å². The van der Waals surface area contributed by atoms with Gasteiger partial charge in [0.15, 0.2) is 0 Å². The number of hydrogen-bond donors (Lipinski definition) is 2. The van der Waals surface area contributed by atoms with Crippen molar-refractivity contribution in [2.45, 2.75) is 39.7 Å². The molecule has 1 aromatic rings. The van der Waals surface area contributed by atoms with Gasteiger partial charge in [-0.2, -0.15) is 0 Å². The summed E-state index contributed by atoms with van der Waals surface area (Å²) in [5, 5.41) is 3.44. The lowest BCUT2D eigenvalue weighted by Gasteiger charge is -2.19. The molecule has 0 bridgehead atoms. The maximum absolute atomic E-state index is 11.0. The SMILES string of the molecule is CC(C)CC(C)Nc1ccccc1CC(N)=O. The van der Waals surface area contributed by atoms with Crippen LogP contribution >= 0.6 is 0 Å². The fourth-order valence-corrected chi connectivity index (χ4v) is 2.03. The third-order valence-corrected chi connectivity index (χ3v) is 2.61. The number of amides is 1. The van der Waals surface area contributed by atoms with Gasteiger partial charge in [0.05, 0.1) is 6.42 Å². The Bertz CT molecular complexity index is 374. The summed E-state index contributed by atoms with van der Waals surface area (Å²) in [4.78, 5) is 11.0. The quantitative estimate of drug-likeness (QED) is 0.794. The van der Waals surface area contributed by atoms with Crippen LogP contribution in [0.25, 0.3) is 0 Å². The summed E-state index contributed by atoms with van der Waals surface area (Å²) in [5.41, 5.74) is 7.22. The van der Waals surface area contributed by atoms with Crippen molar-refractivity contribution in [2.24, 2.45) is 11.7 Å². The van der Waals surface area contributed by atoms with Crippen molar-refractivity contribution in [1.29, 1.82) is 0 Å². The average molecular weight is 234 g/mol. The standard InChI is InChI=1S/C14H22N2O/c1-10(2)8-11(3)16-13-7-5-4-6-12(13)9-14(15)17/h4-7,10-11,16H,8-9H2,1-3H3,(H2,15,17). The summed E-state index contributed by atoms with van der Waals surface area (Å²) >= 11 is 0. The van der Waals surface area contributed by atoms with Gasteiger partial charge in [0.2, 0.25) is 5.91 Å². The molecule has 0 heterocycles. The second kappa shape index (κ2) is 6.28. The molecule has 0 fully saturated rings. The first-order chi connectivity index (χ1) is 7.99. The highest BCUT2D eigenvalue weighted by molar-refractivity contribution is 5.78. The molecule has 1 amide bonds. The minimum Gasteiger partial charge on any atom is -0.382 e. The zero-order chi connectivity index (χ0) is 12.8. The highest BCUT2D eigenvalue weighted by Gasteiger charge is 2.09. The fourth-order valence-electron chi connectivity index (χ4n) is 2.03. The second-order valence-corrected chi connectivity index (χ2v) is 4.98. The Morgan fingerprint density at radius 2 is 1.94 bits per heavy atom. The number of nitrogens with one attached hydrogen (secondary N) is 1. The van der Waals surface area contributed by atoms with Gasteiger partial charge < -0.3 is 11.1 Å². The van der Waals surface area contributed by atoms with Gasteiger partial charge in [-0.05, 0) is 30.9 Å². The van der Waals surface area contributed by atoms with Gasteiger partial charge in [-0.15, -0.1) is 0 Å². The number of anilines is 1. The average Bonchev–Trinajstić information content (AvgIpc) is 2.18. The zero-order valence-corrected chi connectivity index (χ0v) is 10.9. The number of para-hydroxylation sites is 1. The summed E-state index contributed by atoms with van der Waals surface area (Å²) in [7, 11) is 0. The lowest BCUT2D eigenvalue weighted by molar-refractivity contribution is -0.117. The van der Waals surface area contributed by atoms with E-state index in [2.05, 4.69) is 26.1 Å². The molecule has 0 radical (unpaired) electrons. The third-order valence-electron chi connectivity index (χ3n) is 2.61. The molecule has 3 heteroatoms. The highest BCUT2D eigenvalue weighted by atomic mass is 16.1. The van der Waals surface area contributed by atoms with Crippen molar-refractivity contribution in [1.82, 2.24) is 0 Å². The predicted octanol–water partition coefficient (Wildman–Crippen LogP) is 2.56. The van der Waals surface area contributed by atoms with Crippen LogP contribution in [-0.2, 0) is 11.2 Å². The molecule has 1 atom stereocenters. The van der Waals surface area contributed by atoms with Crippen molar-refractivity contribution in [2.75, 3.05) is 5.32 Å². The Balaban J connectivity index is 2.72. The molecule has 1 unspecified atom stereocenters. The first-order valence-electron chi connectivity index (χ1n) is 6.11. The largest absolute Gasteiger partial charge is 0.382 e. The van der Waals surface area contributed by atoms with E-state index in [0.717, 1.165) is 17.7 Å². The topological polar surface area (TPSA) is 55.1 Å². The molecule has 1 aromatic carbocycles. The van der Waals surface area contributed by atoms with Crippen LogP contribution in [0, 0.1) is 5.92 Å². The summed E-state index contributed by atoms with van der Waals surface area (Å²) in [6.45, 7) is 6.56. The van der Waals surface area contributed by atoms with Crippen LogP contribution < -0.4 is 11.1 Å². The van der Waals surface area contributed by atoms with Crippen LogP contribution in [-0.4, -0.2) is 11.9 Å². The Morgan fingerprint density at radius 3 is 2.53 bits per heavy atom. The van der Waals surface area contributed by atoms with Gasteiger partial charge in [0, 0.05) is 11.7 Å². The minimum absolute atomic E-state index is 0.289. The molecule has 0 aromatic heterocycles. The van der Waals surface area contributed by atoms with E-state index in [1.54, 1.807) is 0 Å². The molecule has 0 saturated carbocycles. The summed E-state index contributed by atoms with van der Waals surface area (Å²) in [6.07, 6.45) is 1.39. The highest BCUT2D eigenvalue weighted by Crippen LogP contribution is 2.18. The Hall–Kier alpha value is -1.51. The molecule has 3 N–H and O–H groups in total. The molecule has 17 heavy (non-hydrogen) atoms. The van der Waals surface area contributed by atoms with E-state index in [1.807, 2.05) is 24.3 Å². The van der Waals surface area contributed by atoms with E-state index in [1.165, 1.54) is 0 Å². The second-order valence-electron chi connectivity index (χ2n) is 4.98. The van der Waals surface area contributed by atoms with Crippen LogP contribution in [0.4, 0.5) is 5.69 Å². The van der Waals surface area contributed by atoms with Crippen molar-refractivity contribution in [3.05, 3.63) is 29.8 Å². The van der Waals surface area contributed by atoms with Gasteiger partial charge >= 0.3 is 0 Å². The van der Waals surface area contributed by atoms with Crippen LogP contribution in [0.3, 0.4) is 0 Å². The summed E-state index contributed by atoms with van der Waals surface area (Å²) in [5.74, 6) is 0.358. The molecular formula is C14H22N2O. The van der Waals surface area contributed by atoms with Crippen LogP contribution in [0.1, 0.15) is 32.8 Å². The number of rotatable bonds is 6. The van der Waals surface area contributed by atoms with Crippen molar-refractivity contribution < 1.29 is 4.79 Å². The molecule has 94 valence electrons. The Morgan fingerprint density at radius 1 is 1.29 bits per heavy atom. The van der Waals surface area contributed by atoms with Crippen molar-refractivity contribution in [3.8, 4) is 0 Å². The first-order valence-corrected chi connectivity index (χ1v) is 6.11. The maximum atomic E-state index is 11.0. The van der Waals surface area contributed by atoms with Crippen molar-refractivity contribution >= 4 is 11.6 Å². The Kier molecular flexibility index (Phi) is 5.01. The number of carbonyl (C=O) groups is 1. The maximum Gasteiger partial charge on any atom is 0.221 e. The molecule has 1 rings (SSSR count). The molecule has 0 aliphatic carbocycles. The van der Waals surface area contributed by atoms with Gasteiger partial charge in [-0.1, -0.05) is 32.0 Å². The molecule has 0 spiro atoms. The van der Waals surface area contributed by atoms with E-state index in [9.17, 15) is 4.79 Å². The van der Waals surface area contributed by atoms with Crippen molar-refractivity contribution in [3.63, 3.8) is 0 Å². The fraction of sp³-hybridized carbons (Fsp3) is 0.500. The van der Waals surface area contributed by atoms with Crippen LogP contribution in [0.15, 0.2) is 24.3 Å². The van der Waals surface area contributed by atoms with Crippen LogP contribution in [0.2, 0.25) is 0 Å². The predicted molar refractivity (Wildman–Crippen MR) is 71.9 cm³/mol. The molecule has 0 aliphatic heterocycles. The van der Waals surface area contributed by atoms with Gasteiger partial charge in [0.1, 0.15) is 0 Å².